The van der Waals surface area contributed by atoms with Gasteiger partial charge in [-0.15, -0.1) is 0 Å². The second-order valence-electron chi connectivity index (χ2n) is 7.67. The smallest absolute Gasteiger partial charge is 0.340 e. The molecule has 7 nitrogen and oxygen atoms in total. The highest BCUT2D eigenvalue weighted by Gasteiger charge is 2.28. The number of aromatic nitrogens is 1. The van der Waals surface area contributed by atoms with Crippen molar-refractivity contribution >= 4 is 23.3 Å². The van der Waals surface area contributed by atoms with Crippen LogP contribution in [-0.4, -0.2) is 53.8 Å². The Bertz CT molecular complexity index is 962. The third kappa shape index (κ3) is 5.16. The van der Waals surface area contributed by atoms with E-state index in [-0.39, 0.29) is 24.8 Å². The molecule has 0 bridgehead atoms. The molecule has 0 aliphatic heterocycles. The first-order chi connectivity index (χ1) is 14.1. The summed E-state index contributed by atoms with van der Waals surface area (Å²) in [4.78, 5) is 42.4. The van der Waals surface area contributed by atoms with Crippen molar-refractivity contribution in [3.05, 3.63) is 51.8 Å². The third-order valence-corrected chi connectivity index (χ3v) is 5.26. The topological polar surface area (TPSA) is 91.5 Å². The summed E-state index contributed by atoms with van der Waals surface area (Å²) in [6.45, 7) is 11.2. The van der Waals surface area contributed by atoms with Gasteiger partial charge >= 0.3 is 5.97 Å². The standard InChI is InChI=1S/C23H31N3O4/c1-8-30-23(29)20-15(4)21(24-16(20)5)22(28)17(6)26(7)12-19(27)25-18-11-13(2)9-10-14(18)3/h9-11,17,24H,8,12H2,1-7H3,(H,25,27)/t17-/m1/s1. The summed E-state index contributed by atoms with van der Waals surface area (Å²) in [5.74, 6) is -0.831. The molecule has 0 unspecified atom stereocenters. The molecular weight excluding hydrogens is 382 g/mol. The van der Waals surface area contributed by atoms with Crippen LogP contribution in [0.2, 0.25) is 0 Å². The number of aryl methyl sites for hydroxylation is 3. The number of rotatable bonds is 8. The number of aromatic amines is 1. The Morgan fingerprint density at radius 1 is 1.17 bits per heavy atom. The maximum atomic E-state index is 13.0. The van der Waals surface area contributed by atoms with Crippen molar-refractivity contribution in [2.45, 2.75) is 47.6 Å². The lowest BCUT2D eigenvalue weighted by molar-refractivity contribution is -0.117. The number of nitrogens with one attached hydrogen (secondary N) is 2. The molecule has 0 saturated carbocycles. The number of ether oxygens (including phenoxy) is 1. The SMILES string of the molecule is CCOC(=O)c1c(C)[nH]c(C(=O)[C@@H](C)N(C)CC(=O)Nc2cc(C)ccc2C)c1C. The lowest BCUT2D eigenvalue weighted by Crippen LogP contribution is -2.41. The normalized spacial score (nSPS) is 12.0. The van der Waals surface area contributed by atoms with Gasteiger partial charge in [0, 0.05) is 11.4 Å². The van der Waals surface area contributed by atoms with E-state index in [2.05, 4.69) is 10.3 Å². The number of hydrogen-bond donors (Lipinski definition) is 2. The highest BCUT2D eigenvalue weighted by Crippen LogP contribution is 2.21. The van der Waals surface area contributed by atoms with Crippen LogP contribution >= 0.6 is 0 Å². The average molecular weight is 414 g/mol. The van der Waals surface area contributed by atoms with Crippen LogP contribution in [0.25, 0.3) is 0 Å². The van der Waals surface area contributed by atoms with Crippen LogP contribution in [0.15, 0.2) is 18.2 Å². The van der Waals surface area contributed by atoms with Gasteiger partial charge in [-0.25, -0.2) is 4.79 Å². The quantitative estimate of drug-likeness (QED) is 0.510. The van der Waals surface area contributed by atoms with Crippen molar-refractivity contribution in [3.63, 3.8) is 0 Å². The van der Waals surface area contributed by atoms with Crippen LogP contribution < -0.4 is 5.32 Å². The Hall–Kier alpha value is -2.93. The van der Waals surface area contributed by atoms with E-state index >= 15 is 0 Å². The maximum absolute atomic E-state index is 13.0. The van der Waals surface area contributed by atoms with E-state index in [0.29, 0.717) is 22.5 Å². The summed E-state index contributed by atoms with van der Waals surface area (Å²) in [5.41, 5.74) is 4.72. The summed E-state index contributed by atoms with van der Waals surface area (Å²) in [6.07, 6.45) is 0. The Morgan fingerprint density at radius 3 is 2.47 bits per heavy atom. The number of carbonyl (C=O) groups is 3. The van der Waals surface area contributed by atoms with Crippen LogP contribution in [0.5, 0.6) is 0 Å². The van der Waals surface area contributed by atoms with Crippen LogP contribution in [-0.2, 0) is 9.53 Å². The predicted molar refractivity (Wildman–Crippen MR) is 117 cm³/mol. The minimum Gasteiger partial charge on any atom is -0.462 e. The van der Waals surface area contributed by atoms with E-state index in [1.807, 2.05) is 32.0 Å². The van der Waals surface area contributed by atoms with Crippen molar-refractivity contribution < 1.29 is 19.1 Å². The van der Waals surface area contributed by atoms with E-state index in [4.69, 9.17) is 4.74 Å². The Labute approximate surface area is 177 Å². The third-order valence-electron chi connectivity index (χ3n) is 5.26. The van der Waals surface area contributed by atoms with Crippen LogP contribution in [0, 0.1) is 27.7 Å². The molecule has 1 heterocycles. The lowest BCUT2D eigenvalue weighted by atomic mass is 10.0. The molecule has 0 aliphatic carbocycles. The molecular formula is C23H31N3O4. The monoisotopic (exact) mass is 413 g/mol. The van der Waals surface area contributed by atoms with Gasteiger partial charge in [0.25, 0.3) is 0 Å². The summed E-state index contributed by atoms with van der Waals surface area (Å²) in [6, 6.07) is 5.31. The van der Waals surface area contributed by atoms with Crippen molar-refractivity contribution in [2.75, 3.05) is 25.5 Å². The minimum absolute atomic E-state index is 0.0593. The van der Waals surface area contributed by atoms with Gasteiger partial charge in [-0.05, 0) is 71.3 Å². The van der Waals surface area contributed by atoms with E-state index in [1.54, 1.807) is 39.6 Å². The number of Topliss-reactive ketones (excluding diaryl/α,β-unsaturated/α-hetero) is 1. The lowest BCUT2D eigenvalue weighted by Gasteiger charge is -2.23. The van der Waals surface area contributed by atoms with Gasteiger partial charge in [0.2, 0.25) is 5.91 Å². The highest BCUT2D eigenvalue weighted by atomic mass is 16.5. The molecule has 0 spiro atoms. The second-order valence-corrected chi connectivity index (χ2v) is 7.67. The van der Waals surface area contributed by atoms with E-state index < -0.39 is 12.0 Å². The molecule has 0 saturated heterocycles. The van der Waals surface area contributed by atoms with Gasteiger partial charge in [-0.3, -0.25) is 14.5 Å². The summed E-state index contributed by atoms with van der Waals surface area (Å²) in [7, 11) is 1.72. The van der Waals surface area contributed by atoms with E-state index in [1.165, 1.54) is 0 Å². The minimum atomic E-state index is -0.554. The second kappa shape index (κ2) is 9.71. The van der Waals surface area contributed by atoms with E-state index in [0.717, 1.165) is 16.8 Å². The predicted octanol–water partition coefficient (Wildman–Crippen LogP) is 3.57. The molecule has 0 radical (unpaired) electrons. The summed E-state index contributed by atoms with van der Waals surface area (Å²) >= 11 is 0. The Morgan fingerprint density at radius 2 is 1.83 bits per heavy atom. The molecule has 2 N–H and O–H groups in total. The Kier molecular flexibility index (Phi) is 7.56. The number of likely N-dealkylation sites (N-methyl/N-ethyl adjacent to an activating group) is 1. The van der Waals surface area contributed by atoms with Gasteiger partial charge in [0.05, 0.1) is 30.5 Å². The molecule has 0 fully saturated rings. The fourth-order valence-corrected chi connectivity index (χ4v) is 3.34. The van der Waals surface area contributed by atoms with E-state index in [9.17, 15) is 14.4 Å². The zero-order chi connectivity index (χ0) is 22.6. The van der Waals surface area contributed by atoms with Gasteiger partial charge < -0.3 is 15.0 Å². The molecule has 1 aromatic carbocycles. The zero-order valence-corrected chi connectivity index (χ0v) is 18.8. The molecule has 2 rings (SSSR count). The molecule has 1 aromatic heterocycles. The molecule has 2 aromatic rings. The van der Waals surface area contributed by atoms with Crippen LogP contribution in [0.4, 0.5) is 5.69 Å². The maximum Gasteiger partial charge on any atom is 0.340 e. The largest absolute Gasteiger partial charge is 0.462 e. The van der Waals surface area contributed by atoms with Crippen molar-refractivity contribution in [1.29, 1.82) is 0 Å². The highest BCUT2D eigenvalue weighted by molar-refractivity contribution is 6.04. The number of benzene rings is 1. The summed E-state index contributed by atoms with van der Waals surface area (Å²) < 4.78 is 5.08. The van der Waals surface area contributed by atoms with Crippen LogP contribution in [0.3, 0.4) is 0 Å². The number of hydrogen-bond acceptors (Lipinski definition) is 5. The zero-order valence-electron chi connectivity index (χ0n) is 18.8. The first kappa shape index (κ1) is 23.3. The summed E-state index contributed by atoms with van der Waals surface area (Å²) in [5, 5.41) is 2.91. The van der Waals surface area contributed by atoms with Gasteiger partial charge in [-0.1, -0.05) is 12.1 Å². The average Bonchev–Trinajstić information content (AvgIpc) is 2.97. The number of nitrogens with zero attached hydrogens (tertiary/aromatic N) is 1. The number of H-pyrrole nitrogens is 1. The number of esters is 1. The first-order valence-electron chi connectivity index (χ1n) is 10.0. The van der Waals surface area contributed by atoms with Gasteiger partial charge in [-0.2, -0.15) is 0 Å². The first-order valence-corrected chi connectivity index (χ1v) is 10.0. The van der Waals surface area contributed by atoms with Crippen molar-refractivity contribution in [1.82, 2.24) is 9.88 Å². The molecule has 0 aliphatic rings. The van der Waals surface area contributed by atoms with Crippen molar-refractivity contribution in [2.24, 2.45) is 0 Å². The van der Waals surface area contributed by atoms with Gasteiger partial charge in [0.1, 0.15) is 0 Å². The Balaban J connectivity index is 2.10. The molecule has 162 valence electrons. The fraction of sp³-hybridized carbons (Fsp3) is 0.435. The van der Waals surface area contributed by atoms with Gasteiger partial charge in [0.15, 0.2) is 5.78 Å². The molecule has 1 amide bonds. The molecule has 30 heavy (non-hydrogen) atoms. The number of carbonyl (C=O) groups excluding carboxylic acids is 3. The molecule has 1 atom stereocenters. The fourth-order valence-electron chi connectivity index (χ4n) is 3.34. The molecule has 7 heteroatoms. The number of anilines is 1. The van der Waals surface area contributed by atoms with Crippen molar-refractivity contribution in [3.8, 4) is 0 Å². The number of amides is 1. The van der Waals surface area contributed by atoms with Crippen LogP contribution in [0.1, 0.15) is 57.1 Å². The number of ketones is 1.